The molecule has 1 aliphatic heterocycles. The summed E-state index contributed by atoms with van der Waals surface area (Å²) in [6.07, 6.45) is 1.11. The maximum atomic E-state index is 15.0. The lowest BCUT2D eigenvalue weighted by Gasteiger charge is -2.38. The van der Waals surface area contributed by atoms with Gasteiger partial charge in [0.2, 0.25) is 5.95 Å². The van der Waals surface area contributed by atoms with Crippen LogP contribution in [-0.2, 0) is 4.79 Å². The molecular weight excluding hydrogens is 415 g/mol. The molecule has 1 atom stereocenters. The van der Waals surface area contributed by atoms with Crippen LogP contribution in [0, 0.1) is 11.2 Å². The molecular formula is C27H23FN4O. The summed E-state index contributed by atoms with van der Waals surface area (Å²) in [5.74, 6) is 0.731. The molecule has 0 bridgehead atoms. The van der Waals surface area contributed by atoms with Gasteiger partial charge in [0, 0.05) is 28.8 Å². The number of Topliss-reactive ketones (excluding diaryl/α,β-unsaturated/α-hetero) is 1. The Kier molecular flexibility index (Phi) is 4.27. The van der Waals surface area contributed by atoms with E-state index in [2.05, 4.69) is 31.3 Å². The van der Waals surface area contributed by atoms with Crippen LogP contribution in [0.5, 0.6) is 0 Å². The number of halogens is 1. The van der Waals surface area contributed by atoms with E-state index in [4.69, 9.17) is 10.1 Å². The van der Waals surface area contributed by atoms with E-state index in [1.54, 1.807) is 22.9 Å². The number of aromatic nitrogens is 3. The maximum Gasteiger partial charge on any atom is 0.226 e. The Labute approximate surface area is 191 Å². The summed E-state index contributed by atoms with van der Waals surface area (Å²) in [6.45, 7) is 4.16. The van der Waals surface area contributed by atoms with Crippen molar-refractivity contribution < 1.29 is 9.18 Å². The molecule has 0 saturated heterocycles. The standard InChI is InChI=1S/C27H23FN4O/c1-27(2)14-21-23(22(33)15-27)24(19-11-5-6-13-20(19)28)32-26(29-21)30-25(31-32)18-12-7-9-16-8-3-4-10-17(16)18/h3-13,24H,14-15H2,1-2H3,(H,29,30,31). The van der Waals surface area contributed by atoms with Crippen molar-refractivity contribution in [1.82, 2.24) is 14.8 Å². The van der Waals surface area contributed by atoms with Crippen molar-refractivity contribution in [1.29, 1.82) is 0 Å². The second-order valence-corrected chi connectivity index (χ2v) is 9.61. The number of rotatable bonds is 2. The Balaban J connectivity index is 1.57. The number of carbonyl (C=O) groups is 1. The fourth-order valence-corrected chi connectivity index (χ4v) is 5.13. The van der Waals surface area contributed by atoms with E-state index in [9.17, 15) is 4.79 Å². The van der Waals surface area contributed by atoms with Crippen LogP contribution in [0.25, 0.3) is 22.2 Å². The van der Waals surface area contributed by atoms with Gasteiger partial charge in [0.25, 0.3) is 0 Å². The molecule has 6 heteroatoms. The van der Waals surface area contributed by atoms with E-state index < -0.39 is 6.04 Å². The topological polar surface area (TPSA) is 59.8 Å². The molecule has 1 aromatic heterocycles. The molecule has 33 heavy (non-hydrogen) atoms. The minimum Gasteiger partial charge on any atom is -0.328 e. The smallest absolute Gasteiger partial charge is 0.226 e. The summed E-state index contributed by atoms with van der Waals surface area (Å²) in [5, 5.41) is 10.3. The summed E-state index contributed by atoms with van der Waals surface area (Å²) in [6, 6.07) is 20.1. The first-order valence-corrected chi connectivity index (χ1v) is 11.1. The SMILES string of the molecule is CC1(C)CC(=O)C2=C(C1)Nc1nc(-c3cccc4ccccc34)nn1C2c1ccccc1F. The number of benzene rings is 3. The van der Waals surface area contributed by atoms with Gasteiger partial charge in [-0.2, -0.15) is 4.98 Å². The molecule has 5 nitrogen and oxygen atoms in total. The van der Waals surface area contributed by atoms with Crippen LogP contribution in [-0.4, -0.2) is 20.5 Å². The van der Waals surface area contributed by atoms with Gasteiger partial charge in [-0.3, -0.25) is 4.79 Å². The zero-order valence-electron chi connectivity index (χ0n) is 18.5. The molecule has 3 aromatic carbocycles. The number of anilines is 1. The predicted octanol–water partition coefficient (Wildman–Crippen LogP) is 5.90. The summed E-state index contributed by atoms with van der Waals surface area (Å²) >= 11 is 0. The number of allylic oxidation sites excluding steroid dienone is 2. The molecule has 0 amide bonds. The van der Waals surface area contributed by atoms with Gasteiger partial charge in [-0.1, -0.05) is 74.5 Å². The average Bonchev–Trinajstić information content (AvgIpc) is 3.20. The monoisotopic (exact) mass is 438 g/mol. The highest BCUT2D eigenvalue weighted by Crippen LogP contribution is 2.46. The maximum absolute atomic E-state index is 15.0. The number of nitrogens with one attached hydrogen (secondary N) is 1. The summed E-state index contributed by atoms with van der Waals surface area (Å²) in [5.41, 5.74) is 2.54. The Morgan fingerprint density at radius 2 is 1.76 bits per heavy atom. The van der Waals surface area contributed by atoms with E-state index >= 15 is 4.39 Å². The Hall–Kier alpha value is -3.80. The van der Waals surface area contributed by atoms with Crippen molar-refractivity contribution in [2.75, 3.05) is 5.32 Å². The van der Waals surface area contributed by atoms with Crippen LogP contribution >= 0.6 is 0 Å². The minimum absolute atomic E-state index is 0.0230. The van der Waals surface area contributed by atoms with Crippen molar-refractivity contribution in [2.24, 2.45) is 5.41 Å². The first kappa shape index (κ1) is 19.9. The molecule has 1 unspecified atom stereocenters. The van der Waals surface area contributed by atoms with Crippen LogP contribution in [0.3, 0.4) is 0 Å². The number of carbonyl (C=O) groups excluding carboxylic acids is 1. The van der Waals surface area contributed by atoms with E-state index in [1.165, 1.54) is 6.07 Å². The molecule has 2 heterocycles. The molecule has 1 aliphatic carbocycles. The van der Waals surface area contributed by atoms with Gasteiger partial charge in [-0.25, -0.2) is 9.07 Å². The first-order chi connectivity index (χ1) is 15.9. The Bertz CT molecular complexity index is 1460. The van der Waals surface area contributed by atoms with Gasteiger partial charge in [0.05, 0.1) is 0 Å². The fraction of sp³-hybridized carbons (Fsp3) is 0.222. The van der Waals surface area contributed by atoms with Crippen LogP contribution in [0.2, 0.25) is 0 Å². The van der Waals surface area contributed by atoms with Crippen molar-refractivity contribution in [3.05, 3.63) is 89.4 Å². The molecule has 0 saturated carbocycles. The summed E-state index contributed by atoms with van der Waals surface area (Å²) in [7, 11) is 0. The van der Waals surface area contributed by atoms with Gasteiger partial charge in [0.1, 0.15) is 11.9 Å². The Morgan fingerprint density at radius 1 is 1.00 bits per heavy atom. The van der Waals surface area contributed by atoms with Crippen molar-refractivity contribution in [3.8, 4) is 11.4 Å². The highest BCUT2D eigenvalue weighted by Gasteiger charge is 2.42. The zero-order valence-corrected chi connectivity index (χ0v) is 18.5. The van der Waals surface area contributed by atoms with Crippen LogP contribution in [0.4, 0.5) is 10.3 Å². The number of nitrogens with zero attached hydrogens (tertiary/aromatic N) is 3. The molecule has 2 aliphatic rings. The highest BCUT2D eigenvalue weighted by atomic mass is 19.1. The van der Waals surface area contributed by atoms with Crippen molar-refractivity contribution in [3.63, 3.8) is 0 Å². The van der Waals surface area contributed by atoms with Crippen LogP contribution in [0.1, 0.15) is 38.3 Å². The molecule has 1 N–H and O–H groups in total. The molecule has 164 valence electrons. The van der Waals surface area contributed by atoms with Gasteiger partial charge in [-0.15, -0.1) is 5.10 Å². The van der Waals surface area contributed by atoms with Gasteiger partial charge < -0.3 is 5.32 Å². The normalized spacial score (nSPS) is 19.2. The third-order valence-electron chi connectivity index (χ3n) is 6.56. The predicted molar refractivity (Wildman–Crippen MR) is 126 cm³/mol. The minimum atomic E-state index is -0.655. The zero-order chi connectivity index (χ0) is 22.7. The fourth-order valence-electron chi connectivity index (χ4n) is 5.13. The second-order valence-electron chi connectivity index (χ2n) is 9.61. The number of ketones is 1. The van der Waals surface area contributed by atoms with Crippen LogP contribution in [0.15, 0.2) is 78.0 Å². The molecule has 0 radical (unpaired) electrons. The third-order valence-corrected chi connectivity index (χ3v) is 6.56. The lowest BCUT2D eigenvalue weighted by atomic mass is 9.73. The largest absolute Gasteiger partial charge is 0.328 e. The van der Waals surface area contributed by atoms with Crippen LogP contribution < -0.4 is 5.32 Å². The van der Waals surface area contributed by atoms with Gasteiger partial charge in [-0.05, 0) is 28.7 Å². The second kappa shape index (κ2) is 7.10. The first-order valence-electron chi connectivity index (χ1n) is 11.1. The lowest BCUT2D eigenvalue weighted by molar-refractivity contribution is -0.118. The molecule has 6 rings (SSSR count). The van der Waals surface area contributed by atoms with Gasteiger partial charge in [0.15, 0.2) is 11.6 Å². The Morgan fingerprint density at radius 3 is 2.61 bits per heavy atom. The highest BCUT2D eigenvalue weighted by molar-refractivity contribution is 6.00. The van der Waals surface area contributed by atoms with Gasteiger partial charge >= 0.3 is 0 Å². The van der Waals surface area contributed by atoms with E-state index in [-0.39, 0.29) is 17.0 Å². The van der Waals surface area contributed by atoms with E-state index in [1.807, 2.05) is 30.3 Å². The van der Waals surface area contributed by atoms with E-state index in [0.717, 1.165) is 22.0 Å². The number of hydrogen-bond acceptors (Lipinski definition) is 4. The quantitative estimate of drug-likeness (QED) is 0.424. The molecule has 0 fully saturated rings. The van der Waals surface area contributed by atoms with Crippen molar-refractivity contribution in [2.45, 2.75) is 32.7 Å². The van der Waals surface area contributed by atoms with E-state index in [0.29, 0.717) is 35.8 Å². The summed E-state index contributed by atoms with van der Waals surface area (Å²) < 4.78 is 16.7. The third kappa shape index (κ3) is 3.17. The number of fused-ring (bicyclic) bond motifs is 2. The number of hydrogen-bond donors (Lipinski definition) is 1. The average molecular weight is 439 g/mol. The molecule has 0 spiro atoms. The molecule has 4 aromatic rings. The van der Waals surface area contributed by atoms with Crippen molar-refractivity contribution >= 4 is 22.5 Å². The lowest BCUT2D eigenvalue weighted by Crippen LogP contribution is -2.36. The summed E-state index contributed by atoms with van der Waals surface area (Å²) in [4.78, 5) is 18.1.